The molecule has 0 saturated heterocycles. The van der Waals surface area contributed by atoms with Crippen molar-refractivity contribution in [2.24, 2.45) is 0 Å². The van der Waals surface area contributed by atoms with Crippen molar-refractivity contribution in [2.75, 3.05) is 0 Å². The highest BCUT2D eigenvalue weighted by Gasteiger charge is 2.41. The molecule has 0 amide bonds. The molecule has 0 spiro atoms. The lowest BCUT2D eigenvalue weighted by Crippen LogP contribution is -1.95. The van der Waals surface area contributed by atoms with Crippen LogP contribution in [-0.4, -0.2) is 9.97 Å². The maximum absolute atomic E-state index is 6.28. The molecule has 2 nitrogen and oxygen atoms in total. The van der Waals surface area contributed by atoms with Crippen LogP contribution in [0.25, 0.3) is 10.9 Å². The van der Waals surface area contributed by atoms with Gasteiger partial charge in [0.2, 0.25) is 0 Å². The highest BCUT2D eigenvalue weighted by atomic mass is 35.5. The molecule has 0 radical (unpaired) electrons. The van der Waals surface area contributed by atoms with Gasteiger partial charge in [-0.15, -0.1) is 0 Å². The minimum atomic E-state index is 0.402. The zero-order valence-corrected chi connectivity index (χ0v) is 11.6. The minimum absolute atomic E-state index is 0.402. The maximum atomic E-state index is 6.28. The van der Waals surface area contributed by atoms with Crippen molar-refractivity contribution in [3.63, 3.8) is 0 Å². The van der Waals surface area contributed by atoms with Crippen molar-refractivity contribution in [2.45, 2.75) is 18.3 Å². The first kappa shape index (κ1) is 11.9. The van der Waals surface area contributed by atoms with Crippen LogP contribution >= 0.6 is 11.6 Å². The fraction of sp³-hybridized carbons (Fsp3) is 0.176. The van der Waals surface area contributed by atoms with Crippen LogP contribution in [-0.2, 0) is 0 Å². The second kappa shape index (κ2) is 4.57. The first-order valence-electron chi connectivity index (χ1n) is 6.80. The van der Waals surface area contributed by atoms with Crippen molar-refractivity contribution in [1.82, 2.24) is 9.97 Å². The number of aromatic nitrogens is 2. The Morgan fingerprint density at radius 3 is 2.45 bits per heavy atom. The molecular formula is C17H13ClN2. The summed E-state index contributed by atoms with van der Waals surface area (Å²) < 4.78 is 0. The first-order chi connectivity index (χ1) is 9.83. The van der Waals surface area contributed by atoms with Gasteiger partial charge in [0, 0.05) is 11.3 Å². The summed E-state index contributed by atoms with van der Waals surface area (Å²) in [6.45, 7) is 0. The third kappa shape index (κ3) is 1.97. The van der Waals surface area contributed by atoms with Crippen LogP contribution in [0.1, 0.15) is 29.6 Å². The summed E-state index contributed by atoms with van der Waals surface area (Å²) in [7, 11) is 0. The lowest BCUT2D eigenvalue weighted by Gasteiger charge is -2.04. The molecule has 1 fully saturated rings. The summed E-state index contributed by atoms with van der Waals surface area (Å²) in [5, 5.41) is 1.49. The molecule has 2 atom stereocenters. The molecule has 3 heteroatoms. The van der Waals surface area contributed by atoms with E-state index >= 15 is 0 Å². The van der Waals surface area contributed by atoms with Gasteiger partial charge >= 0.3 is 0 Å². The van der Waals surface area contributed by atoms with Crippen molar-refractivity contribution < 1.29 is 0 Å². The van der Waals surface area contributed by atoms with Crippen molar-refractivity contribution >= 4 is 22.5 Å². The monoisotopic (exact) mass is 280 g/mol. The standard InChI is InChI=1S/C17H13ClN2/c18-16-12-8-4-5-9-15(12)19-17(20-16)14-10-13(14)11-6-2-1-3-7-11/h1-9,13-14H,10H2. The van der Waals surface area contributed by atoms with Gasteiger partial charge in [-0.2, -0.15) is 0 Å². The van der Waals surface area contributed by atoms with Crippen LogP contribution in [0.15, 0.2) is 54.6 Å². The van der Waals surface area contributed by atoms with E-state index in [1.165, 1.54) is 5.56 Å². The molecule has 20 heavy (non-hydrogen) atoms. The SMILES string of the molecule is Clc1nc(C2CC2c2ccccc2)nc2ccccc12. The van der Waals surface area contributed by atoms with Gasteiger partial charge in [0.05, 0.1) is 5.52 Å². The van der Waals surface area contributed by atoms with Crippen LogP contribution in [0, 0.1) is 0 Å². The predicted octanol–water partition coefficient (Wildman–Crippen LogP) is 4.55. The summed E-state index contributed by atoms with van der Waals surface area (Å²) in [6.07, 6.45) is 1.11. The smallest absolute Gasteiger partial charge is 0.140 e. The van der Waals surface area contributed by atoms with Gasteiger partial charge in [-0.3, -0.25) is 0 Å². The van der Waals surface area contributed by atoms with Crippen molar-refractivity contribution in [3.05, 3.63) is 71.1 Å². The molecule has 1 saturated carbocycles. The van der Waals surface area contributed by atoms with E-state index in [1.54, 1.807) is 0 Å². The van der Waals surface area contributed by atoms with E-state index in [1.807, 2.05) is 30.3 Å². The summed E-state index contributed by atoms with van der Waals surface area (Å²) >= 11 is 6.28. The van der Waals surface area contributed by atoms with Crippen LogP contribution in [0.2, 0.25) is 5.15 Å². The van der Waals surface area contributed by atoms with Gasteiger partial charge in [-0.25, -0.2) is 9.97 Å². The van der Waals surface area contributed by atoms with Crippen LogP contribution in [0.4, 0.5) is 0 Å². The third-order valence-corrected chi connectivity index (χ3v) is 4.21. The highest BCUT2D eigenvalue weighted by molar-refractivity contribution is 6.34. The summed E-state index contributed by atoms with van der Waals surface area (Å²) in [6, 6.07) is 18.5. The zero-order valence-electron chi connectivity index (χ0n) is 10.8. The maximum Gasteiger partial charge on any atom is 0.140 e. The third-order valence-electron chi connectivity index (χ3n) is 3.92. The largest absolute Gasteiger partial charge is 0.232 e. The molecule has 0 bridgehead atoms. The second-order valence-electron chi connectivity index (χ2n) is 5.25. The van der Waals surface area contributed by atoms with Crippen LogP contribution < -0.4 is 0 Å². The lowest BCUT2D eigenvalue weighted by molar-refractivity contribution is 0.910. The Bertz CT molecular complexity index is 770. The molecule has 2 unspecified atom stereocenters. The molecule has 1 heterocycles. The quantitative estimate of drug-likeness (QED) is 0.643. The minimum Gasteiger partial charge on any atom is -0.232 e. The average molecular weight is 281 g/mol. The molecular weight excluding hydrogens is 268 g/mol. The van der Waals surface area contributed by atoms with Gasteiger partial charge in [-0.1, -0.05) is 54.1 Å². The number of para-hydroxylation sites is 1. The Morgan fingerprint density at radius 2 is 1.60 bits per heavy atom. The van der Waals surface area contributed by atoms with Gasteiger partial charge in [-0.05, 0) is 30.0 Å². The summed E-state index contributed by atoms with van der Waals surface area (Å²) in [4.78, 5) is 9.17. The van der Waals surface area contributed by atoms with Gasteiger partial charge in [0.25, 0.3) is 0 Å². The number of fused-ring (bicyclic) bond motifs is 1. The summed E-state index contributed by atoms with van der Waals surface area (Å²) in [5.74, 6) is 1.82. The molecule has 1 aliphatic rings. The van der Waals surface area contributed by atoms with Crippen molar-refractivity contribution in [1.29, 1.82) is 0 Å². The Balaban J connectivity index is 1.71. The fourth-order valence-electron chi connectivity index (χ4n) is 2.77. The second-order valence-corrected chi connectivity index (χ2v) is 5.61. The molecule has 0 N–H and O–H groups in total. The molecule has 1 aliphatic carbocycles. The summed E-state index contributed by atoms with van der Waals surface area (Å²) in [5.41, 5.74) is 2.30. The van der Waals surface area contributed by atoms with Gasteiger partial charge < -0.3 is 0 Å². The Labute approximate surface area is 122 Å². The predicted molar refractivity (Wildman–Crippen MR) is 81.1 cm³/mol. The van der Waals surface area contributed by atoms with E-state index in [-0.39, 0.29) is 0 Å². The van der Waals surface area contributed by atoms with E-state index in [9.17, 15) is 0 Å². The molecule has 1 aromatic heterocycles. The van der Waals surface area contributed by atoms with E-state index in [0.29, 0.717) is 17.0 Å². The van der Waals surface area contributed by atoms with Crippen molar-refractivity contribution in [3.8, 4) is 0 Å². The number of benzene rings is 2. The normalized spacial score (nSPS) is 21.1. The van der Waals surface area contributed by atoms with Crippen LogP contribution in [0.3, 0.4) is 0 Å². The Morgan fingerprint density at radius 1 is 0.850 bits per heavy atom. The van der Waals surface area contributed by atoms with E-state index in [4.69, 9.17) is 11.6 Å². The average Bonchev–Trinajstić information content (AvgIpc) is 3.29. The number of hydrogen-bond acceptors (Lipinski definition) is 2. The van der Waals surface area contributed by atoms with E-state index in [0.717, 1.165) is 23.1 Å². The molecule has 0 aliphatic heterocycles. The number of hydrogen-bond donors (Lipinski definition) is 0. The molecule has 2 aromatic carbocycles. The number of nitrogens with zero attached hydrogens (tertiary/aromatic N) is 2. The fourth-order valence-corrected chi connectivity index (χ4v) is 3.02. The Kier molecular flexibility index (Phi) is 2.71. The number of rotatable bonds is 2. The Hall–Kier alpha value is -1.93. The lowest BCUT2D eigenvalue weighted by atomic mass is 10.1. The molecule has 98 valence electrons. The van der Waals surface area contributed by atoms with Gasteiger partial charge in [0.1, 0.15) is 11.0 Å². The van der Waals surface area contributed by atoms with E-state index in [2.05, 4.69) is 34.2 Å². The molecule has 4 rings (SSSR count). The topological polar surface area (TPSA) is 25.8 Å². The first-order valence-corrected chi connectivity index (χ1v) is 7.18. The van der Waals surface area contributed by atoms with E-state index < -0.39 is 0 Å². The number of halogens is 1. The zero-order chi connectivity index (χ0) is 13.5. The highest BCUT2D eigenvalue weighted by Crippen LogP contribution is 2.53. The molecule has 3 aromatic rings. The van der Waals surface area contributed by atoms with Gasteiger partial charge in [0.15, 0.2) is 0 Å². The van der Waals surface area contributed by atoms with Crippen LogP contribution in [0.5, 0.6) is 0 Å².